The van der Waals surface area contributed by atoms with Crippen molar-refractivity contribution in [1.82, 2.24) is 5.32 Å². The molecule has 0 fully saturated rings. The zero-order valence-corrected chi connectivity index (χ0v) is 11.9. The predicted molar refractivity (Wildman–Crippen MR) is 75.4 cm³/mol. The summed E-state index contributed by atoms with van der Waals surface area (Å²) in [5.74, 6) is -1.56. The highest BCUT2D eigenvalue weighted by Gasteiger charge is 2.27. The average Bonchev–Trinajstić information content (AvgIpc) is 2.37. The highest BCUT2D eigenvalue weighted by Crippen LogP contribution is 2.25. The quantitative estimate of drug-likeness (QED) is 0.637. The topological polar surface area (TPSA) is 131 Å². The first-order valence-corrected chi connectivity index (χ1v) is 5.98. The number of anilines is 1. The Hall–Kier alpha value is -2.77. The minimum absolute atomic E-state index is 0.0136. The van der Waals surface area contributed by atoms with Crippen molar-refractivity contribution in [3.8, 4) is 5.75 Å². The fourth-order valence-electron chi connectivity index (χ4n) is 1.44. The van der Waals surface area contributed by atoms with Crippen LogP contribution in [0.3, 0.4) is 0 Å². The van der Waals surface area contributed by atoms with Gasteiger partial charge in [0.15, 0.2) is 0 Å². The highest BCUT2D eigenvalue weighted by molar-refractivity contribution is 5.97. The summed E-state index contributed by atoms with van der Waals surface area (Å²) in [6.45, 7) is 2.89. The number of nitrogens with one attached hydrogen (secondary N) is 2. The molecule has 8 nitrogen and oxygen atoms in total. The van der Waals surface area contributed by atoms with E-state index in [0.29, 0.717) is 0 Å². The number of primary amides is 1. The largest absolute Gasteiger partial charge is 0.495 e. The van der Waals surface area contributed by atoms with E-state index in [4.69, 9.17) is 15.6 Å². The monoisotopic (exact) mass is 295 g/mol. The van der Waals surface area contributed by atoms with Gasteiger partial charge in [-0.1, -0.05) is 0 Å². The summed E-state index contributed by atoms with van der Waals surface area (Å²) < 4.78 is 5.03. The average molecular weight is 295 g/mol. The Bertz CT molecular complexity index is 583. The number of amides is 3. The summed E-state index contributed by atoms with van der Waals surface area (Å²) in [5.41, 5.74) is 4.05. The maximum atomic E-state index is 11.8. The first kappa shape index (κ1) is 16.3. The number of ether oxygens (including phenoxy) is 1. The fourth-order valence-corrected chi connectivity index (χ4v) is 1.44. The second kappa shape index (κ2) is 6.12. The number of nitrogens with two attached hydrogens (primary N) is 1. The van der Waals surface area contributed by atoms with Gasteiger partial charge in [0.1, 0.15) is 11.3 Å². The van der Waals surface area contributed by atoms with Crippen LogP contribution < -0.4 is 21.1 Å². The number of hydrogen-bond donors (Lipinski definition) is 4. The van der Waals surface area contributed by atoms with E-state index in [-0.39, 0.29) is 17.0 Å². The molecule has 1 aromatic rings. The van der Waals surface area contributed by atoms with E-state index in [0.717, 1.165) is 0 Å². The molecule has 0 saturated heterocycles. The van der Waals surface area contributed by atoms with Gasteiger partial charge in [0.05, 0.1) is 18.4 Å². The molecule has 1 aromatic carbocycles. The summed E-state index contributed by atoms with van der Waals surface area (Å²) in [4.78, 5) is 33.9. The number of carbonyl (C=O) groups excluding carboxylic acids is 2. The molecule has 0 aromatic heterocycles. The van der Waals surface area contributed by atoms with Crippen LogP contribution in [0.25, 0.3) is 0 Å². The molecular weight excluding hydrogens is 278 g/mol. The number of carboxylic acids is 1. The number of urea groups is 1. The molecule has 0 radical (unpaired) electrons. The van der Waals surface area contributed by atoms with Crippen LogP contribution in [0.1, 0.15) is 24.2 Å². The van der Waals surface area contributed by atoms with Gasteiger partial charge < -0.3 is 26.2 Å². The van der Waals surface area contributed by atoms with Crippen LogP contribution in [0, 0.1) is 0 Å². The molecule has 0 heterocycles. The van der Waals surface area contributed by atoms with Crippen molar-refractivity contribution in [3.63, 3.8) is 0 Å². The second-order valence-electron chi connectivity index (χ2n) is 4.79. The molecule has 0 unspecified atom stereocenters. The summed E-state index contributed by atoms with van der Waals surface area (Å²) in [6.07, 6.45) is 0. The SMILES string of the molecule is COc1ccc(C(=O)O)cc1NC(=O)NC(C)(C)C(N)=O. The molecule has 0 bridgehead atoms. The molecule has 0 atom stereocenters. The van der Waals surface area contributed by atoms with Crippen molar-refractivity contribution in [2.24, 2.45) is 5.73 Å². The van der Waals surface area contributed by atoms with Crippen LogP contribution in [0.2, 0.25) is 0 Å². The third-order valence-electron chi connectivity index (χ3n) is 2.74. The van der Waals surface area contributed by atoms with Gasteiger partial charge in [-0.15, -0.1) is 0 Å². The van der Waals surface area contributed by atoms with Crippen LogP contribution >= 0.6 is 0 Å². The van der Waals surface area contributed by atoms with E-state index >= 15 is 0 Å². The maximum Gasteiger partial charge on any atom is 0.335 e. The Morgan fingerprint density at radius 1 is 1.29 bits per heavy atom. The zero-order valence-electron chi connectivity index (χ0n) is 11.9. The summed E-state index contributed by atoms with van der Waals surface area (Å²) in [5, 5.41) is 13.7. The van der Waals surface area contributed by atoms with Crippen molar-refractivity contribution < 1.29 is 24.2 Å². The molecule has 21 heavy (non-hydrogen) atoms. The van der Waals surface area contributed by atoms with Crippen LogP contribution in [-0.2, 0) is 4.79 Å². The van der Waals surface area contributed by atoms with Crippen molar-refractivity contribution in [1.29, 1.82) is 0 Å². The Labute approximate surface area is 121 Å². The molecule has 0 aliphatic carbocycles. The molecule has 0 spiro atoms. The van der Waals surface area contributed by atoms with Gasteiger partial charge in [-0.3, -0.25) is 4.79 Å². The van der Waals surface area contributed by atoms with Crippen molar-refractivity contribution in [2.75, 3.05) is 12.4 Å². The van der Waals surface area contributed by atoms with Gasteiger partial charge >= 0.3 is 12.0 Å². The van der Waals surface area contributed by atoms with Crippen LogP contribution in [0.15, 0.2) is 18.2 Å². The van der Waals surface area contributed by atoms with Crippen molar-refractivity contribution in [2.45, 2.75) is 19.4 Å². The van der Waals surface area contributed by atoms with Gasteiger partial charge in [-0.2, -0.15) is 0 Å². The highest BCUT2D eigenvalue weighted by atomic mass is 16.5. The second-order valence-corrected chi connectivity index (χ2v) is 4.79. The van der Waals surface area contributed by atoms with E-state index in [1.807, 2.05) is 0 Å². The van der Waals surface area contributed by atoms with E-state index in [9.17, 15) is 14.4 Å². The van der Waals surface area contributed by atoms with Gasteiger partial charge in [0, 0.05) is 0 Å². The fraction of sp³-hybridized carbons (Fsp3) is 0.308. The Morgan fingerprint density at radius 2 is 1.90 bits per heavy atom. The standard InChI is InChI=1S/C13H17N3O5/c1-13(2,11(14)19)16-12(20)15-8-6-7(10(17)18)4-5-9(8)21-3/h4-6H,1-3H3,(H2,14,19)(H,17,18)(H2,15,16,20). The normalized spacial score (nSPS) is 10.6. The van der Waals surface area contributed by atoms with E-state index in [2.05, 4.69) is 10.6 Å². The molecule has 114 valence electrons. The van der Waals surface area contributed by atoms with Gasteiger partial charge in [-0.05, 0) is 32.0 Å². The minimum atomic E-state index is -1.25. The summed E-state index contributed by atoms with van der Waals surface area (Å²) in [6, 6.07) is 3.30. The number of aromatic carboxylic acids is 1. The summed E-state index contributed by atoms with van der Waals surface area (Å²) >= 11 is 0. The number of benzene rings is 1. The Morgan fingerprint density at radius 3 is 2.38 bits per heavy atom. The first-order valence-electron chi connectivity index (χ1n) is 5.98. The molecule has 0 aliphatic rings. The van der Waals surface area contributed by atoms with Gasteiger partial charge in [0.2, 0.25) is 5.91 Å². The smallest absolute Gasteiger partial charge is 0.335 e. The van der Waals surface area contributed by atoms with Crippen LogP contribution in [-0.4, -0.2) is 35.7 Å². The number of carbonyl (C=O) groups is 3. The number of rotatable bonds is 5. The molecule has 1 rings (SSSR count). The molecule has 3 amide bonds. The van der Waals surface area contributed by atoms with Crippen LogP contribution in [0.4, 0.5) is 10.5 Å². The zero-order chi connectivity index (χ0) is 16.2. The minimum Gasteiger partial charge on any atom is -0.495 e. The predicted octanol–water partition coefficient (Wildman–Crippen LogP) is 0.779. The number of methoxy groups -OCH3 is 1. The number of carboxylic acid groups (broad SMARTS) is 1. The summed E-state index contributed by atoms with van der Waals surface area (Å²) in [7, 11) is 1.38. The molecule has 0 saturated carbocycles. The van der Waals surface area contributed by atoms with Crippen molar-refractivity contribution in [3.05, 3.63) is 23.8 Å². The van der Waals surface area contributed by atoms with E-state index in [1.165, 1.54) is 39.2 Å². The lowest BCUT2D eigenvalue weighted by Gasteiger charge is -2.22. The van der Waals surface area contributed by atoms with Crippen molar-refractivity contribution >= 4 is 23.6 Å². The lowest BCUT2D eigenvalue weighted by atomic mass is 10.1. The lowest BCUT2D eigenvalue weighted by molar-refractivity contribution is -0.122. The molecule has 0 aliphatic heterocycles. The molecular formula is C13H17N3O5. The first-order chi connectivity index (χ1) is 9.67. The Kier molecular flexibility index (Phi) is 4.75. The van der Waals surface area contributed by atoms with Gasteiger partial charge in [0.25, 0.3) is 0 Å². The lowest BCUT2D eigenvalue weighted by Crippen LogP contribution is -2.54. The molecule has 8 heteroatoms. The number of hydrogen-bond acceptors (Lipinski definition) is 4. The van der Waals surface area contributed by atoms with Gasteiger partial charge in [-0.25, -0.2) is 9.59 Å². The van der Waals surface area contributed by atoms with E-state index in [1.54, 1.807) is 0 Å². The third kappa shape index (κ3) is 4.10. The molecule has 5 N–H and O–H groups in total. The van der Waals surface area contributed by atoms with E-state index < -0.39 is 23.4 Å². The third-order valence-corrected chi connectivity index (χ3v) is 2.74. The van der Waals surface area contributed by atoms with Crippen LogP contribution in [0.5, 0.6) is 5.75 Å². The maximum absolute atomic E-state index is 11.8. The Balaban J connectivity index is 2.96.